The van der Waals surface area contributed by atoms with Gasteiger partial charge < -0.3 is 10.6 Å². The maximum absolute atomic E-state index is 12.6. The van der Waals surface area contributed by atoms with Crippen LogP contribution in [0.1, 0.15) is 49.9 Å². The van der Waals surface area contributed by atoms with E-state index in [4.69, 9.17) is 5.73 Å². The molecule has 0 radical (unpaired) electrons. The molecule has 1 amide bonds. The topological polar surface area (TPSA) is 46.3 Å². The maximum atomic E-state index is 12.6. The van der Waals surface area contributed by atoms with Crippen molar-refractivity contribution in [2.75, 3.05) is 18.8 Å². The largest absolute Gasteiger partial charge is 0.399 e. The number of nitrogens with two attached hydrogens (primary N) is 1. The second kappa shape index (κ2) is 8.20. The van der Waals surface area contributed by atoms with Crippen molar-refractivity contribution in [2.45, 2.75) is 39.5 Å². The summed E-state index contributed by atoms with van der Waals surface area (Å²) in [5.74, 6) is 0.0704. The molecule has 1 aromatic carbocycles. The van der Waals surface area contributed by atoms with E-state index in [9.17, 15) is 4.79 Å². The lowest BCUT2D eigenvalue weighted by atomic mass is 10.1. The normalized spacial score (nSPS) is 10.5. The molecule has 3 nitrogen and oxygen atoms in total. The first-order valence-corrected chi connectivity index (χ1v) is 7.73. The van der Waals surface area contributed by atoms with E-state index in [1.807, 2.05) is 11.0 Å². The lowest BCUT2D eigenvalue weighted by molar-refractivity contribution is 0.0750. The Morgan fingerprint density at radius 2 is 1.79 bits per heavy atom. The number of nitrogen functional groups attached to an aromatic ring is 1. The number of amides is 1. The van der Waals surface area contributed by atoms with Crippen molar-refractivity contribution >= 4 is 27.5 Å². The van der Waals surface area contributed by atoms with E-state index in [1.54, 1.807) is 12.1 Å². The van der Waals surface area contributed by atoms with Crippen LogP contribution in [0.15, 0.2) is 22.7 Å². The van der Waals surface area contributed by atoms with E-state index in [-0.39, 0.29) is 5.91 Å². The van der Waals surface area contributed by atoms with Gasteiger partial charge in [0.15, 0.2) is 0 Å². The molecule has 0 fully saturated rings. The number of halogens is 1. The smallest absolute Gasteiger partial charge is 0.255 e. The second-order valence-corrected chi connectivity index (χ2v) is 5.59. The Kier molecular flexibility index (Phi) is 6.92. The number of anilines is 1. The number of rotatable bonds is 7. The summed E-state index contributed by atoms with van der Waals surface area (Å²) in [5.41, 5.74) is 7.06. The Balaban J connectivity index is 2.87. The molecule has 0 heterocycles. The van der Waals surface area contributed by atoms with Crippen LogP contribution in [0.25, 0.3) is 0 Å². The average Bonchev–Trinajstić information content (AvgIpc) is 2.41. The molecule has 1 rings (SSSR count). The Bertz CT molecular complexity index is 413. The SMILES string of the molecule is CCCCN(CCCC)C(=O)c1cc(N)ccc1Br. The molecule has 1 aromatic rings. The summed E-state index contributed by atoms with van der Waals surface area (Å²) in [5, 5.41) is 0. The summed E-state index contributed by atoms with van der Waals surface area (Å²) in [6.45, 7) is 5.91. The standard InChI is InChI=1S/C15H23BrN2O/c1-3-5-9-18(10-6-4-2)15(19)13-11-12(17)7-8-14(13)16/h7-8,11H,3-6,9-10,17H2,1-2H3. The first kappa shape index (κ1) is 16.0. The third kappa shape index (κ3) is 4.86. The summed E-state index contributed by atoms with van der Waals surface area (Å²) in [6.07, 6.45) is 4.26. The van der Waals surface area contributed by atoms with Gasteiger partial charge in [-0.15, -0.1) is 0 Å². The number of hydrogen-bond donors (Lipinski definition) is 1. The van der Waals surface area contributed by atoms with Gasteiger partial charge in [0.25, 0.3) is 5.91 Å². The third-order valence-electron chi connectivity index (χ3n) is 3.07. The van der Waals surface area contributed by atoms with Crippen LogP contribution in [0, 0.1) is 0 Å². The Hall–Kier alpha value is -1.03. The fraction of sp³-hybridized carbons (Fsp3) is 0.533. The summed E-state index contributed by atoms with van der Waals surface area (Å²) in [4.78, 5) is 14.5. The molecule has 0 aromatic heterocycles. The van der Waals surface area contributed by atoms with Crippen LogP contribution in [-0.2, 0) is 0 Å². The molecule has 0 aliphatic rings. The predicted molar refractivity (Wildman–Crippen MR) is 84.3 cm³/mol. The van der Waals surface area contributed by atoms with Gasteiger partial charge in [0.2, 0.25) is 0 Å². The number of benzene rings is 1. The van der Waals surface area contributed by atoms with Gasteiger partial charge in [-0.25, -0.2) is 0 Å². The minimum absolute atomic E-state index is 0.0704. The quantitative estimate of drug-likeness (QED) is 0.767. The molecule has 0 aliphatic heterocycles. The monoisotopic (exact) mass is 326 g/mol. The van der Waals surface area contributed by atoms with Crippen LogP contribution < -0.4 is 5.73 Å². The summed E-state index contributed by atoms with van der Waals surface area (Å²) in [6, 6.07) is 5.38. The highest BCUT2D eigenvalue weighted by molar-refractivity contribution is 9.10. The van der Waals surface area contributed by atoms with E-state index in [1.165, 1.54) is 0 Å². The maximum Gasteiger partial charge on any atom is 0.255 e. The zero-order valence-electron chi connectivity index (χ0n) is 11.8. The zero-order valence-corrected chi connectivity index (χ0v) is 13.4. The van der Waals surface area contributed by atoms with Gasteiger partial charge in [0, 0.05) is 23.2 Å². The molecule has 0 saturated carbocycles. The number of carbonyl (C=O) groups excluding carboxylic acids is 1. The molecule has 19 heavy (non-hydrogen) atoms. The van der Waals surface area contributed by atoms with Crippen LogP contribution in [0.3, 0.4) is 0 Å². The highest BCUT2D eigenvalue weighted by Gasteiger charge is 2.17. The molecule has 106 valence electrons. The van der Waals surface area contributed by atoms with Gasteiger partial charge >= 0.3 is 0 Å². The molecule has 0 bridgehead atoms. The molecule has 2 N–H and O–H groups in total. The van der Waals surface area contributed by atoms with Gasteiger partial charge in [0.05, 0.1) is 5.56 Å². The summed E-state index contributed by atoms with van der Waals surface area (Å²) >= 11 is 3.43. The van der Waals surface area contributed by atoms with Gasteiger partial charge in [0.1, 0.15) is 0 Å². The lowest BCUT2D eigenvalue weighted by Crippen LogP contribution is -2.33. The fourth-order valence-corrected chi connectivity index (χ4v) is 2.31. The van der Waals surface area contributed by atoms with Crippen molar-refractivity contribution in [2.24, 2.45) is 0 Å². The number of carbonyl (C=O) groups is 1. The summed E-state index contributed by atoms with van der Waals surface area (Å²) < 4.78 is 0.810. The van der Waals surface area contributed by atoms with E-state index in [0.29, 0.717) is 11.3 Å². The van der Waals surface area contributed by atoms with E-state index >= 15 is 0 Å². The van der Waals surface area contributed by atoms with Gasteiger partial charge in [-0.3, -0.25) is 4.79 Å². The average molecular weight is 327 g/mol. The third-order valence-corrected chi connectivity index (χ3v) is 3.76. The zero-order chi connectivity index (χ0) is 14.3. The van der Waals surface area contributed by atoms with Gasteiger partial charge in [-0.1, -0.05) is 26.7 Å². The Morgan fingerprint density at radius 1 is 1.21 bits per heavy atom. The molecule has 0 atom stereocenters. The Morgan fingerprint density at radius 3 is 2.32 bits per heavy atom. The summed E-state index contributed by atoms with van der Waals surface area (Å²) in [7, 11) is 0. The van der Waals surface area contributed by atoms with Crippen LogP contribution in [0.5, 0.6) is 0 Å². The van der Waals surface area contributed by atoms with Crippen molar-refractivity contribution in [3.05, 3.63) is 28.2 Å². The first-order valence-electron chi connectivity index (χ1n) is 6.94. The Labute approximate surface area is 124 Å². The van der Waals surface area contributed by atoms with Crippen LogP contribution in [-0.4, -0.2) is 23.9 Å². The van der Waals surface area contributed by atoms with Gasteiger partial charge in [-0.05, 0) is 47.0 Å². The fourth-order valence-electron chi connectivity index (χ4n) is 1.89. The minimum Gasteiger partial charge on any atom is -0.399 e. The van der Waals surface area contributed by atoms with Crippen molar-refractivity contribution in [1.29, 1.82) is 0 Å². The van der Waals surface area contributed by atoms with Crippen molar-refractivity contribution in [3.8, 4) is 0 Å². The van der Waals surface area contributed by atoms with Crippen LogP contribution in [0.2, 0.25) is 0 Å². The highest BCUT2D eigenvalue weighted by atomic mass is 79.9. The highest BCUT2D eigenvalue weighted by Crippen LogP contribution is 2.21. The van der Waals surface area contributed by atoms with E-state index in [0.717, 1.165) is 43.2 Å². The van der Waals surface area contributed by atoms with Crippen molar-refractivity contribution in [1.82, 2.24) is 4.90 Å². The molecular weight excluding hydrogens is 304 g/mol. The molecule has 0 spiro atoms. The van der Waals surface area contributed by atoms with Crippen molar-refractivity contribution in [3.63, 3.8) is 0 Å². The number of nitrogens with zero attached hydrogens (tertiary/aromatic N) is 1. The number of hydrogen-bond acceptors (Lipinski definition) is 2. The van der Waals surface area contributed by atoms with Crippen LogP contribution >= 0.6 is 15.9 Å². The predicted octanol–water partition coefficient (Wildman–Crippen LogP) is 4.07. The molecule has 0 unspecified atom stereocenters. The second-order valence-electron chi connectivity index (χ2n) is 4.74. The molecule has 4 heteroatoms. The molecule has 0 saturated heterocycles. The van der Waals surface area contributed by atoms with E-state index in [2.05, 4.69) is 29.8 Å². The first-order chi connectivity index (χ1) is 9.10. The molecule has 0 aliphatic carbocycles. The van der Waals surface area contributed by atoms with Crippen LogP contribution in [0.4, 0.5) is 5.69 Å². The van der Waals surface area contributed by atoms with E-state index < -0.39 is 0 Å². The molecular formula is C15H23BrN2O. The number of unbranched alkanes of at least 4 members (excludes halogenated alkanes) is 2. The van der Waals surface area contributed by atoms with Crippen molar-refractivity contribution < 1.29 is 4.79 Å². The van der Waals surface area contributed by atoms with Gasteiger partial charge in [-0.2, -0.15) is 0 Å². The lowest BCUT2D eigenvalue weighted by Gasteiger charge is -2.23. The minimum atomic E-state index is 0.0704.